The van der Waals surface area contributed by atoms with Gasteiger partial charge in [0.25, 0.3) is 0 Å². The van der Waals surface area contributed by atoms with E-state index >= 15 is 0 Å². The van der Waals surface area contributed by atoms with Crippen LogP contribution in [-0.2, 0) is 4.79 Å². The molecule has 0 aromatic carbocycles. The van der Waals surface area contributed by atoms with Gasteiger partial charge in [0.05, 0.1) is 5.92 Å². The molecule has 0 spiro atoms. The average molecular weight is 293 g/mol. The van der Waals surface area contributed by atoms with Crippen LogP contribution in [0.2, 0.25) is 0 Å². The first-order valence-corrected chi connectivity index (χ1v) is 7.30. The van der Waals surface area contributed by atoms with Crippen molar-refractivity contribution in [2.75, 3.05) is 13.1 Å². The minimum Gasteiger partial charge on any atom is -0.342 e. The van der Waals surface area contributed by atoms with Crippen molar-refractivity contribution in [2.45, 2.75) is 60.4 Å². The molecule has 0 radical (unpaired) electrons. The van der Waals surface area contributed by atoms with E-state index < -0.39 is 0 Å². The van der Waals surface area contributed by atoms with Gasteiger partial charge in [-0.05, 0) is 31.6 Å². The molecular formula is C15H33ClN2O. The number of carbonyl (C=O) groups is 1. The van der Waals surface area contributed by atoms with Crippen LogP contribution in [0.5, 0.6) is 0 Å². The van der Waals surface area contributed by atoms with Crippen molar-refractivity contribution < 1.29 is 4.79 Å². The Labute approximate surface area is 125 Å². The van der Waals surface area contributed by atoms with Gasteiger partial charge in [0.1, 0.15) is 0 Å². The highest BCUT2D eigenvalue weighted by Gasteiger charge is 2.23. The van der Waals surface area contributed by atoms with Gasteiger partial charge < -0.3 is 10.6 Å². The summed E-state index contributed by atoms with van der Waals surface area (Å²) < 4.78 is 0. The van der Waals surface area contributed by atoms with E-state index in [1.54, 1.807) is 0 Å². The predicted octanol–water partition coefficient (Wildman–Crippen LogP) is 3.31. The standard InChI is InChI=1S/C15H32N2O.ClH/c1-11(2)7-9-17(10-8-12(3)4)15(18)13(5)14(6)16;/h11-14H,7-10,16H2,1-6H3;1H. The number of hydrogen-bond acceptors (Lipinski definition) is 2. The van der Waals surface area contributed by atoms with E-state index in [-0.39, 0.29) is 30.3 Å². The maximum atomic E-state index is 12.4. The van der Waals surface area contributed by atoms with Crippen molar-refractivity contribution in [3.8, 4) is 0 Å². The quantitative estimate of drug-likeness (QED) is 0.746. The van der Waals surface area contributed by atoms with Crippen LogP contribution in [0, 0.1) is 17.8 Å². The molecule has 0 saturated heterocycles. The van der Waals surface area contributed by atoms with Gasteiger partial charge in [0.2, 0.25) is 5.91 Å². The molecule has 2 N–H and O–H groups in total. The second kappa shape index (κ2) is 10.5. The molecule has 0 bridgehead atoms. The molecule has 0 rings (SSSR count). The zero-order chi connectivity index (χ0) is 14.3. The first-order chi connectivity index (χ1) is 8.25. The van der Waals surface area contributed by atoms with Gasteiger partial charge >= 0.3 is 0 Å². The number of carbonyl (C=O) groups excluding carboxylic acids is 1. The summed E-state index contributed by atoms with van der Waals surface area (Å²) in [6, 6.07) is -0.0712. The zero-order valence-electron chi connectivity index (χ0n) is 13.5. The second-order valence-electron chi connectivity index (χ2n) is 6.34. The Bertz CT molecular complexity index is 230. The number of halogens is 1. The van der Waals surface area contributed by atoms with Crippen molar-refractivity contribution in [3.63, 3.8) is 0 Å². The second-order valence-corrected chi connectivity index (χ2v) is 6.34. The molecular weight excluding hydrogens is 260 g/mol. The van der Waals surface area contributed by atoms with E-state index in [9.17, 15) is 4.79 Å². The summed E-state index contributed by atoms with van der Waals surface area (Å²) in [5.41, 5.74) is 5.84. The first kappa shape index (κ1) is 21.0. The third-order valence-corrected chi connectivity index (χ3v) is 3.44. The van der Waals surface area contributed by atoms with E-state index in [4.69, 9.17) is 5.73 Å². The van der Waals surface area contributed by atoms with Crippen molar-refractivity contribution in [1.82, 2.24) is 4.90 Å². The Kier molecular flexibility index (Phi) is 11.6. The lowest BCUT2D eigenvalue weighted by atomic mass is 10.0. The molecule has 0 aromatic rings. The molecule has 0 aliphatic carbocycles. The van der Waals surface area contributed by atoms with E-state index in [1.807, 2.05) is 18.7 Å². The average Bonchev–Trinajstić information content (AvgIpc) is 2.26. The van der Waals surface area contributed by atoms with Gasteiger partial charge in [-0.3, -0.25) is 4.79 Å². The van der Waals surface area contributed by atoms with Gasteiger partial charge in [-0.15, -0.1) is 12.4 Å². The molecule has 4 heteroatoms. The summed E-state index contributed by atoms with van der Waals surface area (Å²) in [7, 11) is 0. The third-order valence-electron chi connectivity index (χ3n) is 3.44. The number of rotatable bonds is 8. The van der Waals surface area contributed by atoms with E-state index in [0.717, 1.165) is 25.9 Å². The van der Waals surface area contributed by atoms with Crippen LogP contribution in [0.4, 0.5) is 0 Å². The van der Waals surface area contributed by atoms with Crippen LogP contribution in [0.3, 0.4) is 0 Å². The van der Waals surface area contributed by atoms with Gasteiger partial charge in [0, 0.05) is 19.1 Å². The molecule has 0 aromatic heterocycles. The fraction of sp³-hybridized carbons (Fsp3) is 0.933. The molecule has 0 fully saturated rings. The topological polar surface area (TPSA) is 46.3 Å². The Morgan fingerprint density at radius 2 is 1.32 bits per heavy atom. The summed E-state index contributed by atoms with van der Waals surface area (Å²) in [4.78, 5) is 14.4. The molecule has 0 heterocycles. The van der Waals surface area contributed by atoms with Gasteiger partial charge in [0.15, 0.2) is 0 Å². The molecule has 1 amide bonds. The van der Waals surface area contributed by atoms with Crippen molar-refractivity contribution in [1.29, 1.82) is 0 Å². The summed E-state index contributed by atoms with van der Waals surface area (Å²) in [6.45, 7) is 14.3. The van der Waals surface area contributed by atoms with Crippen LogP contribution in [0.1, 0.15) is 54.4 Å². The van der Waals surface area contributed by atoms with Crippen LogP contribution < -0.4 is 5.73 Å². The highest BCUT2D eigenvalue weighted by Crippen LogP contribution is 2.12. The monoisotopic (exact) mass is 292 g/mol. The van der Waals surface area contributed by atoms with Crippen molar-refractivity contribution in [3.05, 3.63) is 0 Å². The largest absolute Gasteiger partial charge is 0.342 e. The Balaban J connectivity index is 0. The molecule has 116 valence electrons. The smallest absolute Gasteiger partial charge is 0.226 e. The first-order valence-electron chi connectivity index (χ1n) is 7.30. The van der Waals surface area contributed by atoms with E-state index in [1.165, 1.54) is 0 Å². The van der Waals surface area contributed by atoms with Crippen LogP contribution in [0.15, 0.2) is 0 Å². The maximum Gasteiger partial charge on any atom is 0.226 e. The zero-order valence-corrected chi connectivity index (χ0v) is 14.3. The molecule has 0 saturated carbocycles. The number of nitrogens with zero attached hydrogens (tertiary/aromatic N) is 1. The molecule has 19 heavy (non-hydrogen) atoms. The molecule has 2 atom stereocenters. The van der Waals surface area contributed by atoms with Crippen molar-refractivity contribution >= 4 is 18.3 Å². The van der Waals surface area contributed by atoms with Gasteiger partial charge in [-0.2, -0.15) is 0 Å². The predicted molar refractivity (Wildman–Crippen MR) is 85.6 cm³/mol. The lowest BCUT2D eigenvalue weighted by Crippen LogP contribution is -2.43. The van der Waals surface area contributed by atoms with Gasteiger partial charge in [-0.1, -0.05) is 34.6 Å². The highest BCUT2D eigenvalue weighted by atomic mass is 35.5. The van der Waals surface area contributed by atoms with Crippen LogP contribution in [-0.4, -0.2) is 29.9 Å². The van der Waals surface area contributed by atoms with Crippen molar-refractivity contribution in [2.24, 2.45) is 23.5 Å². The fourth-order valence-corrected chi connectivity index (χ4v) is 1.67. The molecule has 0 aliphatic heterocycles. The number of nitrogens with two attached hydrogens (primary N) is 1. The minimum atomic E-state index is -0.0793. The summed E-state index contributed by atoms with van der Waals surface area (Å²) in [5, 5.41) is 0. The Hall–Kier alpha value is -0.280. The molecule has 2 unspecified atom stereocenters. The number of hydrogen-bond donors (Lipinski definition) is 1. The van der Waals surface area contributed by atoms with Gasteiger partial charge in [-0.25, -0.2) is 0 Å². The SMILES string of the molecule is CC(C)CCN(CCC(C)C)C(=O)C(C)C(C)N.Cl. The lowest BCUT2D eigenvalue weighted by Gasteiger charge is -2.28. The third kappa shape index (κ3) is 9.28. The molecule has 3 nitrogen and oxygen atoms in total. The Morgan fingerprint density at radius 1 is 0.947 bits per heavy atom. The normalized spacial score (nSPS) is 14.2. The maximum absolute atomic E-state index is 12.4. The number of amides is 1. The molecule has 0 aliphatic rings. The lowest BCUT2D eigenvalue weighted by molar-refractivity contribution is -0.135. The summed E-state index contributed by atoms with van der Waals surface area (Å²) in [5.74, 6) is 1.39. The van der Waals surface area contributed by atoms with Crippen LogP contribution in [0.25, 0.3) is 0 Å². The van der Waals surface area contributed by atoms with E-state index in [0.29, 0.717) is 11.8 Å². The minimum absolute atomic E-state index is 0. The highest BCUT2D eigenvalue weighted by molar-refractivity contribution is 5.85. The summed E-state index contributed by atoms with van der Waals surface area (Å²) >= 11 is 0. The van der Waals surface area contributed by atoms with E-state index in [2.05, 4.69) is 27.7 Å². The Morgan fingerprint density at radius 3 is 1.58 bits per heavy atom. The van der Waals surface area contributed by atoms with Crippen LogP contribution >= 0.6 is 12.4 Å². The summed E-state index contributed by atoms with van der Waals surface area (Å²) in [6.07, 6.45) is 2.13. The fourth-order valence-electron chi connectivity index (χ4n) is 1.67.